The molecule has 0 saturated heterocycles. The maximum atomic E-state index is 4.51. The van der Waals surface area contributed by atoms with Gasteiger partial charge in [-0.15, -0.1) is 0 Å². The van der Waals surface area contributed by atoms with E-state index in [2.05, 4.69) is 39.8 Å². The van der Waals surface area contributed by atoms with Gasteiger partial charge in [-0.3, -0.25) is 4.68 Å². The van der Waals surface area contributed by atoms with E-state index in [9.17, 15) is 0 Å². The van der Waals surface area contributed by atoms with Gasteiger partial charge in [0, 0.05) is 30.5 Å². The van der Waals surface area contributed by atoms with Crippen LogP contribution in [0.25, 0.3) is 0 Å². The molecule has 0 unspecified atom stereocenters. The summed E-state index contributed by atoms with van der Waals surface area (Å²) >= 11 is 3.56. The molecule has 1 saturated carbocycles. The fourth-order valence-electron chi connectivity index (χ4n) is 2.17. The monoisotopic (exact) mass is 271 g/mol. The van der Waals surface area contributed by atoms with Gasteiger partial charge in [-0.25, -0.2) is 0 Å². The van der Waals surface area contributed by atoms with Gasteiger partial charge < -0.3 is 4.90 Å². The van der Waals surface area contributed by atoms with Crippen LogP contribution in [0.1, 0.15) is 31.0 Å². The number of aryl methyl sites for hydroxylation is 2. The Morgan fingerprint density at radius 2 is 2.20 bits per heavy atom. The highest BCUT2D eigenvalue weighted by Crippen LogP contribution is 2.34. The molecule has 1 aromatic rings. The summed E-state index contributed by atoms with van der Waals surface area (Å²) in [6, 6.07) is 0.752. The average Bonchev–Trinajstić information content (AvgIpc) is 2.97. The molecule has 0 amide bonds. The van der Waals surface area contributed by atoms with Gasteiger partial charge in [-0.1, -0.05) is 15.9 Å². The Bertz CT molecular complexity index is 355. The Kier molecular flexibility index (Phi) is 3.05. The second kappa shape index (κ2) is 4.16. The number of halogens is 1. The van der Waals surface area contributed by atoms with E-state index in [-0.39, 0.29) is 0 Å². The van der Waals surface area contributed by atoms with Crippen LogP contribution in [-0.4, -0.2) is 22.4 Å². The van der Waals surface area contributed by atoms with E-state index in [0.717, 1.165) is 23.6 Å². The van der Waals surface area contributed by atoms with Gasteiger partial charge >= 0.3 is 0 Å². The van der Waals surface area contributed by atoms with Crippen molar-refractivity contribution < 1.29 is 0 Å². The van der Waals surface area contributed by atoms with E-state index in [0.29, 0.717) is 0 Å². The quantitative estimate of drug-likeness (QED) is 0.786. The minimum Gasteiger partial charge on any atom is -0.354 e. The van der Waals surface area contributed by atoms with Gasteiger partial charge in [0.2, 0.25) is 0 Å². The summed E-state index contributed by atoms with van der Waals surface area (Å²) in [6.07, 6.45) is 2.67. The van der Waals surface area contributed by atoms with E-state index >= 15 is 0 Å². The molecular formula is C11H18BrN3. The van der Waals surface area contributed by atoms with Crippen LogP contribution < -0.4 is 4.90 Å². The van der Waals surface area contributed by atoms with E-state index in [1.54, 1.807) is 0 Å². The molecule has 2 rings (SSSR count). The van der Waals surface area contributed by atoms with Crippen molar-refractivity contribution in [3.63, 3.8) is 0 Å². The highest BCUT2D eigenvalue weighted by molar-refractivity contribution is 9.08. The van der Waals surface area contributed by atoms with Gasteiger partial charge in [-0.2, -0.15) is 5.10 Å². The number of hydrogen-bond acceptors (Lipinski definition) is 2. The van der Waals surface area contributed by atoms with Crippen molar-refractivity contribution in [3.05, 3.63) is 11.3 Å². The Labute approximate surface area is 99.6 Å². The highest BCUT2D eigenvalue weighted by atomic mass is 79.9. The number of hydrogen-bond donors (Lipinski definition) is 0. The summed E-state index contributed by atoms with van der Waals surface area (Å²) in [6.45, 7) is 5.38. The molecule has 84 valence electrons. The lowest BCUT2D eigenvalue weighted by atomic mass is 10.2. The summed E-state index contributed by atoms with van der Waals surface area (Å²) in [7, 11) is 2.04. The summed E-state index contributed by atoms with van der Waals surface area (Å²) in [5.41, 5.74) is 2.48. The molecule has 0 radical (unpaired) electrons. The smallest absolute Gasteiger partial charge is 0.131 e. The minimum absolute atomic E-state index is 0.752. The number of anilines is 1. The fraction of sp³-hybridized carbons (Fsp3) is 0.727. The lowest BCUT2D eigenvalue weighted by molar-refractivity contribution is 0.702. The Morgan fingerprint density at radius 1 is 1.53 bits per heavy atom. The van der Waals surface area contributed by atoms with Gasteiger partial charge in [0.15, 0.2) is 0 Å². The van der Waals surface area contributed by atoms with Crippen LogP contribution in [0.3, 0.4) is 0 Å². The number of alkyl halides is 1. The third kappa shape index (κ3) is 1.92. The van der Waals surface area contributed by atoms with E-state index in [1.807, 2.05) is 11.7 Å². The molecule has 4 heteroatoms. The summed E-state index contributed by atoms with van der Waals surface area (Å²) in [5.74, 6) is 1.30. The second-order valence-corrected chi connectivity index (χ2v) is 4.72. The molecule has 1 aliphatic carbocycles. The predicted octanol–water partition coefficient (Wildman–Crippen LogP) is 2.61. The molecule has 1 aromatic heterocycles. The summed E-state index contributed by atoms with van der Waals surface area (Å²) < 4.78 is 2.02. The summed E-state index contributed by atoms with van der Waals surface area (Å²) in [4.78, 5) is 2.48. The first kappa shape index (κ1) is 11.0. The summed E-state index contributed by atoms with van der Waals surface area (Å²) in [5, 5.41) is 5.40. The standard InChI is InChI=1S/C11H18BrN3/c1-4-15(9-5-6-9)11-10(7-12)8(2)13-14(11)3/h9H,4-7H2,1-3H3. The maximum Gasteiger partial charge on any atom is 0.131 e. The molecule has 1 fully saturated rings. The number of aromatic nitrogens is 2. The normalized spacial score (nSPS) is 15.7. The molecule has 0 spiro atoms. The highest BCUT2D eigenvalue weighted by Gasteiger charge is 2.31. The van der Waals surface area contributed by atoms with Crippen molar-refractivity contribution in [2.75, 3.05) is 11.4 Å². The Morgan fingerprint density at radius 3 is 2.67 bits per heavy atom. The van der Waals surface area contributed by atoms with Crippen LogP contribution in [0.5, 0.6) is 0 Å². The minimum atomic E-state index is 0.752. The van der Waals surface area contributed by atoms with Gasteiger partial charge in [-0.05, 0) is 26.7 Å². The predicted molar refractivity (Wildman–Crippen MR) is 66.6 cm³/mol. The molecule has 0 bridgehead atoms. The van der Waals surface area contributed by atoms with Crippen molar-refractivity contribution in [1.29, 1.82) is 0 Å². The number of nitrogens with zero attached hydrogens (tertiary/aromatic N) is 3. The molecule has 0 atom stereocenters. The molecule has 3 nitrogen and oxygen atoms in total. The van der Waals surface area contributed by atoms with Crippen molar-refractivity contribution in [2.24, 2.45) is 7.05 Å². The van der Waals surface area contributed by atoms with Gasteiger partial charge in [0.05, 0.1) is 5.69 Å². The van der Waals surface area contributed by atoms with Crippen molar-refractivity contribution in [1.82, 2.24) is 9.78 Å². The second-order valence-electron chi connectivity index (χ2n) is 4.16. The molecular weight excluding hydrogens is 254 g/mol. The third-order valence-corrected chi connectivity index (χ3v) is 3.61. The van der Waals surface area contributed by atoms with Gasteiger partial charge in [0.25, 0.3) is 0 Å². The molecule has 0 aliphatic heterocycles. The van der Waals surface area contributed by atoms with Crippen molar-refractivity contribution in [3.8, 4) is 0 Å². The van der Waals surface area contributed by atoms with Crippen LogP contribution in [-0.2, 0) is 12.4 Å². The van der Waals surface area contributed by atoms with Crippen LogP contribution in [0.4, 0.5) is 5.82 Å². The first-order chi connectivity index (χ1) is 7.19. The van der Waals surface area contributed by atoms with E-state index in [4.69, 9.17) is 0 Å². The third-order valence-electron chi connectivity index (χ3n) is 3.05. The van der Waals surface area contributed by atoms with Crippen LogP contribution in [0, 0.1) is 6.92 Å². The fourth-order valence-corrected chi connectivity index (χ4v) is 2.83. The largest absolute Gasteiger partial charge is 0.354 e. The Hall–Kier alpha value is -0.510. The Balaban J connectivity index is 2.39. The molecule has 15 heavy (non-hydrogen) atoms. The molecule has 1 heterocycles. The lowest BCUT2D eigenvalue weighted by Crippen LogP contribution is -2.28. The van der Waals surface area contributed by atoms with Crippen molar-refractivity contribution in [2.45, 2.75) is 38.1 Å². The van der Waals surface area contributed by atoms with Gasteiger partial charge in [0.1, 0.15) is 5.82 Å². The van der Waals surface area contributed by atoms with Crippen LogP contribution >= 0.6 is 15.9 Å². The van der Waals surface area contributed by atoms with Crippen molar-refractivity contribution >= 4 is 21.7 Å². The zero-order chi connectivity index (χ0) is 11.0. The average molecular weight is 272 g/mol. The first-order valence-electron chi connectivity index (χ1n) is 5.54. The maximum absolute atomic E-state index is 4.51. The van der Waals surface area contributed by atoms with Crippen LogP contribution in [0.15, 0.2) is 0 Å². The van der Waals surface area contributed by atoms with E-state index < -0.39 is 0 Å². The zero-order valence-electron chi connectivity index (χ0n) is 9.63. The van der Waals surface area contributed by atoms with E-state index in [1.165, 1.54) is 24.2 Å². The topological polar surface area (TPSA) is 21.1 Å². The van der Waals surface area contributed by atoms with Crippen LogP contribution in [0.2, 0.25) is 0 Å². The lowest BCUT2D eigenvalue weighted by Gasteiger charge is -2.23. The SMILES string of the molecule is CCN(c1c(CBr)c(C)nn1C)C1CC1. The molecule has 1 aliphatic rings. The first-order valence-corrected chi connectivity index (χ1v) is 6.66. The zero-order valence-corrected chi connectivity index (χ0v) is 11.2. The number of rotatable bonds is 4. The molecule has 0 aromatic carbocycles. The molecule has 0 N–H and O–H groups in total.